The first-order valence-electron chi connectivity index (χ1n) is 5.21. The summed E-state index contributed by atoms with van der Waals surface area (Å²) in [5.41, 5.74) is 0. The number of aromatic nitrogens is 1. The van der Waals surface area contributed by atoms with Crippen LogP contribution in [0.5, 0.6) is 5.75 Å². The van der Waals surface area contributed by atoms with Gasteiger partial charge in [-0.25, -0.2) is 0 Å². The highest BCUT2D eigenvalue weighted by molar-refractivity contribution is 5.85. The molecule has 1 aromatic rings. The van der Waals surface area contributed by atoms with Crippen LogP contribution in [-0.4, -0.2) is 23.7 Å². The van der Waals surface area contributed by atoms with E-state index in [1.54, 1.807) is 12.4 Å². The summed E-state index contributed by atoms with van der Waals surface area (Å²) < 4.78 is 5.63. The first kappa shape index (κ1) is 10.7. The van der Waals surface area contributed by atoms with Gasteiger partial charge in [0.05, 0.1) is 6.20 Å². The van der Waals surface area contributed by atoms with Crippen LogP contribution in [0.15, 0.2) is 24.5 Å². The van der Waals surface area contributed by atoms with Crippen molar-refractivity contribution in [2.75, 3.05) is 6.61 Å². The summed E-state index contributed by atoms with van der Waals surface area (Å²) in [4.78, 5) is 4.01. The molecule has 1 N–H and O–H groups in total. The van der Waals surface area contributed by atoms with Gasteiger partial charge in [-0.15, -0.1) is 12.4 Å². The van der Waals surface area contributed by atoms with Gasteiger partial charge >= 0.3 is 0 Å². The highest BCUT2D eigenvalue weighted by Crippen LogP contribution is 2.40. The standard InChI is InChI=1S/C11H14N2O.ClH/c1-2-10(6-12-3-1)14-7-9-4-8-5-11(8)13-9;/h1-3,6,8-9,11,13H,4-5,7H2;1H. The number of ether oxygens (including phenoxy) is 1. The van der Waals surface area contributed by atoms with Crippen LogP contribution in [0.4, 0.5) is 0 Å². The maximum Gasteiger partial charge on any atom is 0.137 e. The Bertz CT molecular complexity index is 310. The number of hydrogen-bond donors (Lipinski definition) is 1. The van der Waals surface area contributed by atoms with Gasteiger partial charge in [-0.2, -0.15) is 0 Å². The molecule has 2 fully saturated rings. The number of pyridine rings is 1. The third-order valence-electron chi connectivity index (χ3n) is 3.05. The fourth-order valence-corrected chi connectivity index (χ4v) is 2.19. The summed E-state index contributed by atoms with van der Waals surface area (Å²) in [7, 11) is 0. The predicted molar refractivity (Wildman–Crippen MR) is 60.4 cm³/mol. The van der Waals surface area contributed by atoms with Crippen molar-refractivity contribution < 1.29 is 4.74 Å². The second-order valence-corrected chi connectivity index (χ2v) is 4.20. The number of nitrogens with zero attached hydrogens (tertiary/aromatic N) is 1. The second-order valence-electron chi connectivity index (χ2n) is 4.20. The monoisotopic (exact) mass is 226 g/mol. The number of piperidine rings is 1. The predicted octanol–water partition coefficient (Wildman–Crippen LogP) is 1.63. The third-order valence-corrected chi connectivity index (χ3v) is 3.05. The summed E-state index contributed by atoms with van der Waals surface area (Å²) in [6, 6.07) is 5.20. The second kappa shape index (κ2) is 4.37. The molecular formula is C11H15ClN2O. The SMILES string of the molecule is Cl.c1cncc(OCC2CC3CC3N2)c1. The molecule has 0 radical (unpaired) electrons. The zero-order chi connectivity index (χ0) is 9.38. The summed E-state index contributed by atoms with van der Waals surface area (Å²) in [6.45, 7) is 0.776. The van der Waals surface area contributed by atoms with Gasteiger partial charge in [-0.1, -0.05) is 0 Å². The van der Waals surface area contributed by atoms with Gasteiger partial charge in [-0.05, 0) is 30.9 Å². The van der Waals surface area contributed by atoms with Crippen molar-refractivity contribution in [3.8, 4) is 5.75 Å². The minimum Gasteiger partial charge on any atom is -0.490 e. The molecule has 3 nitrogen and oxygen atoms in total. The molecule has 1 aromatic heterocycles. The molecule has 0 aromatic carbocycles. The highest BCUT2D eigenvalue weighted by atomic mass is 35.5. The van der Waals surface area contributed by atoms with Gasteiger partial charge in [-0.3, -0.25) is 4.98 Å². The molecule has 3 unspecified atom stereocenters. The van der Waals surface area contributed by atoms with Crippen molar-refractivity contribution in [1.82, 2.24) is 10.3 Å². The van der Waals surface area contributed by atoms with Crippen LogP contribution in [0.3, 0.4) is 0 Å². The molecule has 15 heavy (non-hydrogen) atoms. The largest absolute Gasteiger partial charge is 0.490 e. The molecule has 1 saturated heterocycles. The van der Waals surface area contributed by atoms with Crippen LogP contribution < -0.4 is 10.1 Å². The number of nitrogens with one attached hydrogen (secondary N) is 1. The van der Waals surface area contributed by atoms with Crippen LogP contribution in [0, 0.1) is 5.92 Å². The van der Waals surface area contributed by atoms with Crippen molar-refractivity contribution in [1.29, 1.82) is 0 Å². The molecule has 0 amide bonds. The smallest absolute Gasteiger partial charge is 0.137 e. The van der Waals surface area contributed by atoms with Crippen LogP contribution in [0.2, 0.25) is 0 Å². The number of halogens is 1. The Kier molecular flexibility index (Phi) is 3.12. The van der Waals surface area contributed by atoms with E-state index < -0.39 is 0 Å². The van der Waals surface area contributed by atoms with Crippen LogP contribution in [0.25, 0.3) is 0 Å². The topological polar surface area (TPSA) is 34.1 Å². The Hall–Kier alpha value is -0.800. The van der Waals surface area contributed by atoms with Crippen LogP contribution in [0.1, 0.15) is 12.8 Å². The molecule has 82 valence electrons. The summed E-state index contributed by atoms with van der Waals surface area (Å²) in [6.07, 6.45) is 6.18. The van der Waals surface area contributed by atoms with E-state index in [0.717, 1.165) is 24.3 Å². The van der Waals surface area contributed by atoms with Crippen molar-refractivity contribution in [2.45, 2.75) is 24.9 Å². The van der Waals surface area contributed by atoms with E-state index >= 15 is 0 Å². The molecule has 3 atom stereocenters. The highest BCUT2D eigenvalue weighted by Gasteiger charge is 2.45. The van der Waals surface area contributed by atoms with Gasteiger partial charge in [0.2, 0.25) is 0 Å². The molecule has 0 bridgehead atoms. The average Bonchev–Trinajstić information content (AvgIpc) is 2.85. The molecule has 1 aliphatic heterocycles. The molecule has 2 aliphatic rings. The van der Waals surface area contributed by atoms with E-state index in [0.29, 0.717) is 6.04 Å². The fraction of sp³-hybridized carbons (Fsp3) is 0.545. The normalized spacial score (nSPS) is 31.6. The lowest BCUT2D eigenvalue weighted by molar-refractivity contribution is 0.267. The van der Waals surface area contributed by atoms with Gasteiger partial charge in [0, 0.05) is 18.3 Å². The maximum absolute atomic E-state index is 5.63. The first-order valence-corrected chi connectivity index (χ1v) is 5.21. The Balaban J connectivity index is 0.000000853. The molecule has 4 heteroatoms. The number of hydrogen-bond acceptors (Lipinski definition) is 3. The molecular weight excluding hydrogens is 212 g/mol. The molecule has 2 heterocycles. The van der Waals surface area contributed by atoms with E-state index in [9.17, 15) is 0 Å². The van der Waals surface area contributed by atoms with E-state index in [2.05, 4.69) is 10.3 Å². The van der Waals surface area contributed by atoms with Crippen molar-refractivity contribution >= 4 is 12.4 Å². The zero-order valence-electron chi connectivity index (χ0n) is 8.43. The minimum absolute atomic E-state index is 0. The van der Waals surface area contributed by atoms with Crippen molar-refractivity contribution in [2.24, 2.45) is 5.92 Å². The lowest BCUT2D eigenvalue weighted by Gasteiger charge is -2.13. The molecule has 0 spiro atoms. The zero-order valence-corrected chi connectivity index (χ0v) is 9.24. The summed E-state index contributed by atoms with van der Waals surface area (Å²) in [5.74, 6) is 1.81. The lowest BCUT2D eigenvalue weighted by Crippen LogP contribution is -2.31. The van der Waals surface area contributed by atoms with Crippen molar-refractivity contribution in [3.63, 3.8) is 0 Å². The first-order chi connectivity index (χ1) is 6.92. The quantitative estimate of drug-likeness (QED) is 0.851. The average molecular weight is 227 g/mol. The number of rotatable bonds is 3. The Labute approximate surface area is 95.6 Å². The fourth-order valence-electron chi connectivity index (χ4n) is 2.19. The number of fused-ring (bicyclic) bond motifs is 1. The maximum atomic E-state index is 5.63. The van der Waals surface area contributed by atoms with E-state index in [-0.39, 0.29) is 12.4 Å². The van der Waals surface area contributed by atoms with E-state index in [4.69, 9.17) is 4.74 Å². The Morgan fingerprint density at radius 3 is 3.07 bits per heavy atom. The third kappa shape index (κ3) is 2.41. The van der Waals surface area contributed by atoms with E-state index in [1.807, 2.05) is 12.1 Å². The van der Waals surface area contributed by atoms with Gasteiger partial charge in [0.25, 0.3) is 0 Å². The van der Waals surface area contributed by atoms with Gasteiger partial charge in [0.15, 0.2) is 0 Å². The van der Waals surface area contributed by atoms with Crippen LogP contribution in [-0.2, 0) is 0 Å². The molecule has 3 rings (SSSR count). The van der Waals surface area contributed by atoms with Crippen molar-refractivity contribution in [3.05, 3.63) is 24.5 Å². The van der Waals surface area contributed by atoms with Gasteiger partial charge < -0.3 is 10.1 Å². The van der Waals surface area contributed by atoms with Crippen LogP contribution >= 0.6 is 12.4 Å². The van der Waals surface area contributed by atoms with E-state index in [1.165, 1.54) is 12.8 Å². The Morgan fingerprint density at radius 1 is 1.47 bits per heavy atom. The lowest BCUT2D eigenvalue weighted by atomic mass is 10.2. The minimum atomic E-state index is 0. The summed E-state index contributed by atoms with van der Waals surface area (Å²) >= 11 is 0. The molecule has 1 saturated carbocycles. The Morgan fingerprint density at radius 2 is 2.40 bits per heavy atom. The summed E-state index contributed by atoms with van der Waals surface area (Å²) in [5, 5.41) is 3.55. The van der Waals surface area contributed by atoms with Gasteiger partial charge in [0.1, 0.15) is 12.4 Å². The molecule has 1 aliphatic carbocycles.